The van der Waals surface area contributed by atoms with E-state index in [9.17, 15) is 0 Å². The maximum Gasteiger partial charge on any atom is 0.0302 e. The molecule has 0 saturated carbocycles. The smallest absolute Gasteiger partial charge is 0.0302 e. The van der Waals surface area contributed by atoms with Crippen LogP contribution in [0.15, 0.2) is 18.2 Å². The Morgan fingerprint density at radius 2 is 2.06 bits per heavy atom. The first-order valence-electron chi connectivity index (χ1n) is 7.25. The van der Waals surface area contributed by atoms with Crippen LogP contribution < -0.4 is 5.73 Å². The third kappa shape index (κ3) is 3.14. The summed E-state index contributed by atoms with van der Waals surface area (Å²) >= 11 is 0. The Morgan fingerprint density at radius 3 is 2.72 bits per heavy atom. The molecule has 100 valence electrons. The molecule has 2 rings (SSSR count). The van der Waals surface area contributed by atoms with Gasteiger partial charge in [-0.05, 0) is 53.7 Å². The first kappa shape index (κ1) is 13.6. The maximum atomic E-state index is 6.42. The van der Waals surface area contributed by atoms with E-state index in [1.807, 2.05) is 0 Å². The Bertz CT molecular complexity index is 418. The molecule has 0 fully saturated rings. The number of rotatable bonds is 2. The van der Waals surface area contributed by atoms with E-state index in [0.29, 0.717) is 11.3 Å². The van der Waals surface area contributed by atoms with Crippen LogP contribution in [0.1, 0.15) is 63.3 Å². The van der Waals surface area contributed by atoms with Gasteiger partial charge >= 0.3 is 0 Å². The van der Waals surface area contributed by atoms with Gasteiger partial charge in [-0.25, -0.2) is 0 Å². The van der Waals surface area contributed by atoms with Gasteiger partial charge in [-0.1, -0.05) is 45.9 Å². The molecule has 0 aliphatic heterocycles. The first-order chi connectivity index (χ1) is 8.37. The largest absolute Gasteiger partial charge is 0.324 e. The minimum Gasteiger partial charge on any atom is -0.324 e. The van der Waals surface area contributed by atoms with Gasteiger partial charge in [0.2, 0.25) is 0 Å². The van der Waals surface area contributed by atoms with Gasteiger partial charge in [0.1, 0.15) is 0 Å². The lowest BCUT2D eigenvalue weighted by Crippen LogP contribution is -2.19. The number of benzene rings is 1. The van der Waals surface area contributed by atoms with E-state index in [1.165, 1.54) is 29.5 Å². The molecule has 0 heterocycles. The predicted octanol–water partition coefficient (Wildman–Crippen LogP) is 4.25. The van der Waals surface area contributed by atoms with Gasteiger partial charge in [0.15, 0.2) is 0 Å². The molecule has 0 bridgehead atoms. The zero-order valence-electron chi connectivity index (χ0n) is 12.3. The molecule has 0 amide bonds. The Balaban J connectivity index is 2.29. The average molecular weight is 245 g/mol. The summed E-state index contributed by atoms with van der Waals surface area (Å²) in [6, 6.07) is 7.18. The number of nitrogens with two attached hydrogens (primary N) is 1. The van der Waals surface area contributed by atoms with E-state index in [4.69, 9.17) is 5.73 Å². The van der Waals surface area contributed by atoms with Crippen molar-refractivity contribution in [1.82, 2.24) is 0 Å². The normalized spacial score (nSPS) is 22.7. The molecule has 1 aliphatic rings. The van der Waals surface area contributed by atoms with E-state index < -0.39 is 0 Å². The number of aryl methyl sites for hydroxylation is 1. The van der Waals surface area contributed by atoms with Crippen molar-refractivity contribution in [3.63, 3.8) is 0 Å². The molecule has 0 spiro atoms. The number of hydrogen-bond acceptors (Lipinski definition) is 1. The fourth-order valence-corrected chi connectivity index (χ4v) is 3.10. The summed E-state index contributed by atoms with van der Waals surface area (Å²) in [4.78, 5) is 0. The van der Waals surface area contributed by atoms with Crippen molar-refractivity contribution in [3.8, 4) is 0 Å². The zero-order chi connectivity index (χ0) is 13.3. The predicted molar refractivity (Wildman–Crippen MR) is 78.6 cm³/mol. The van der Waals surface area contributed by atoms with Crippen molar-refractivity contribution in [2.45, 2.75) is 59.4 Å². The molecule has 1 aromatic carbocycles. The van der Waals surface area contributed by atoms with Gasteiger partial charge in [0.25, 0.3) is 0 Å². The Labute approximate surface area is 112 Å². The SMILES string of the molecule is CC(C)Cc1ccc2c(c1)C(N)CC(C)(C)CC2. The van der Waals surface area contributed by atoms with Crippen LogP contribution in [0.25, 0.3) is 0 Å². The standard InChI is InChI=1S/C17H27N/c1-12(2)9-13-5-6-14-7-8-17(3,4)11-16(18)15(14)10-13/h5-6,10,12,16H,7-9,11,18H2,1-4H3. The first-order valence-corrected chi connectivity index (χ1v) is 7.25. The number of fused-ring (bicyclic) bond motifs is 1. The Morgan fingerprint density at radius 1 is 1.33 bits per heavy atom. The van der Waals surface area contributed by atoms with Crippen LogP contribution in [-0.2, 0) is 12.8 Å². The molecule has 1 heteroatoms. The highest BCUT2D eigenvalue weighted by molar-refractivity contribution is 5.36. The van der Waals surface area contributed by atoms with Crippen molar-refractivity contribution in [2.75, 3.05) is 0 Å². The molecule has 0 aromatic heterocycles. The molecular weight excluding hydrogens is 218 g/mol. The van der Waals surface area contributed by atoms with Crippen LogP contribution in [0.4, 0.5) is 0 Å². The summed E-state index contributed by atoms with van der Waals surface area (Å²) in [5, 5.41) is 0. The third-order valence-corrected chi connectivity index (χ3v) is 4.10. The number of hydrogen-bond donors (Lipinski definition) is 1. The molecule has 1 aliphatic carbocycles. The molecule has 1 atom stereocenters. The van der Waals surface area contributed by atoms with Gasteiger partial charge in [0, 0.05) is 6.04 Å². The lowest BCUT2D eigenvalue weighted by atomic mass is 9.83. The van der Waals surface area contributed by atoms with Gasteiger partial charge < -0.3 is 5.73 Å². The highest BCUT2D eigenvalue weighted by Gasteiger charge is 2.27. The lowest BCUT2D eigenvalue weighted by Gasteiger charge is -2.24. The molecule has 1 aromatic rings. The molecule has 1 nitrogen and oxygen atoms in total. The fraction of sp³-hybridized carbons (Fsp3) is 0.647. The molecule has 0 saturated heterocycles. The summed E-state index contributed by atoms with van der Waals surface area (Å²) < 4.78 is 0. The summed E-state index contributed by atoms with van der Waals surface area (Å²) in [7, 11) is 0. The summed E-state index contributed by atoms with van der Waals surface area (Å²) in [5.74, 6) is 0.710. The van der Waals surface area contributed by atoms with Crippen molar-refractivity contribution >= 4 is 0 Å². The van der Waals surface area contributed by atoms with Gasteiger partial charge in [-0.15, -0.1) is 0 Å². The Kier molecular flexibility index (Phi) is 3.82. The second kappa shape index (κ2) is 5.05. The third-order valence-electron chi connectivity index (χ3n) is 4.10. The second-order valence-electron chi connectivity index (χ2n) is 7.11. The highest BCUT2D eigenvalue weighted by Crippen LogP contribution is 2.38. The van der Waals surface area contributed by atoms with Crippen LogP contribution in [0.5, 0.6) is 0 Å². The van der Waals surface area contributed by atoms with E-state index in [2.05, 4.69) is 45.9 Å². The minimum atomic E-state index is 0.213. The summed E-state index contributed by atoms with van der Waals surface area (Å²) in [5.41, 5.74) is 11.1. The van der Waals surface area contributed by atoms with Crippen molar-refractivity contribution in [2.24, 2.45) is 17.1 Å². The van der Waals surface area contributed by atoms with E-state index in [0.717, 1.165) is 12.8 Å². The molecular formula is C17H27N. The summed E-state index contributed by atoms with van der Waals surface area (Å²) in [6.07, 6.45) is 4.68. The minimum absolute atomic E-state index is 0.213. The maximum absolute atomic E-state index is 6.42. The quantitative estimate of drug-likeness (QED) is 0.775. The monoisotopic (exact) mass is 245 g/mol. The van der Waals surface area contributed by atoms with Crippen LogP contribution in [-0.4, -0.2) is 0 Å². The van der Waals surface area contributed by atoms with Crippen molar-refractivity contribution in [3.05, 3.63) is 34.9 Å². The van der Waals surface area contributed by atoms with Crippen LogP contribution in [0.3, 0.4) is 0 Å². The highest BCUT2D eigenvalue weighted by atomic mass is 14.6. The van der Waals surface area contributed by atoms with Crippen LogP contribution in [0.2, 0.25) is 0 Å². The van der Waals surface area contributed by atoms with Crippen LogP contribution >= 0.6 is 0 Å². The van der Waals surface area contributed by atoms with Crippen molar-refractivity contribution < 1.29 is 0 Å². The average Bonchev–Trinajstić information content (AvgIpc) is 2.35. The summed E-state index contributed by atoms with van der Waals surface area (Å²) in [6.45, 7) is 9.23. The topological polar surface area (TPSA) is 26.0 Å². The van der Waals surface area contributed by atoms with Crippen molar-refractivity contribution in [1.29, 1.82) is 0 Å². The van der Waals surface area contributed by atoms with Gasteiger partial charge in [-0.2, -0.15) is 0 Å². The van der Waals surface area contributed by atoms with Gasteiger partial charge in [0.05, 0.1) is 0 Å². The molecule has 18 heavy (non-hydrogen) atoms. The molecule has 1 unspecified atom stereocenters. The van der Waals surface area contributed by atoms with Gasteiger partial charge in [-0.3, -0.25) is 0 Å². The van der Waals surface area contributed by atoms with Crippen LogP contribution in [0, 0.1) is 11.3 Å². The molecule has 0 radical (unpaired) electrons. The van der Waals surface area contributed by atoms with E-state index in [1.54, 1.807) is 0 Å². The van der Waals surface area contributed by atoms with E-state index >= 15 is 0 Å². The molecule has 2 N–H and O–H groups in total. The zero-order valence-corrected chi connectivity index (χ0v) is 12.3. The fourth-order valence-electron chi connectivity index (χ4n) is 3.10. The Hall–Kier alpha value is -0.820. The van der Waals surface area contributed by atoms with E-state index in [-0.39, 0.29) is 6.04 Å². The second-order valence-corrected chi connectivity index (χ2v) is 7.11. The lowest BCUT2D eigenvalue weighted by molar-refractivity contribution is 0.294.